The van der Waals surface area contributed by atoms with Crippen molar-refractivity contribution in [2.45, 2.75) is 18.7 Å². The van der Waals surface area contributed by atoms with E-state index in [1.807, 2.05) is 6.92 Å². The average molecular weight is 287 g/mol. The molecule has 1 aromatic carbocycles. The zero-order chi connectivity index (χ0) is 14.8. The van der Waals surface area contributed by atoms with Gasteiger partial charge in [-0.2, -0.15) is 8.42 Å². The fourth-order valence-electron chi connectivity index (χ4n) is 1.75. The molecule has 0 saturated heterocycles. The molecular weight excluding hydrogens is 274 g/mol. The van der Waals surface area contributed by atoms with Crippen LogP contribution in [0.3, 0.4) is 0 Å². The first-order valence-electron chi connectivity index (χ1n) is 5.87. The van der Waals surface area contributed by atoms with Crippen LogP contribution < -0.4 is 4.18 Å². The molecule has 0 N–H and O–H groups in total. The van der Waals surface area contributed by atoms with E-state index in [0.29, 0.717) is 11.1 Å². The van der Waals surface area contributed by atoms with Crippen LogP contribution in [0.25, 0.3) is 0 Å². The van der Waals surface area contributed by atoms with Crippen LogP contribution in [0.15, 0.2) is 41.4 Å². The average Bonchev–Trinajstić information content (AvgIpc) is 2.38. The van der Waals surface area contributed by atoms with E-state index in [1.165, 1.54) is 18.3 Å². The highest BCUT2D eigenvalue weighted by Gasteiger charge is 2.19. The molecule has 0 aliphatic heterocycles. The van der Waals surface area contributed by atoms with Crippen LogP contribution in [0.1, 0.15) is 16.7 Å². The van der Waals surface area contributed by atoms with E-state index in [9.17, 15) is 8.42 Å². The standard InChI is InChI=1S/C15H13NO3S/c1-4-13-6-8-15(16-10-13)19-20(17,18)14-7-5-11(2)9-12(14)3/h1,5-10H,2-3H3. The topological polar surface area (TPSA) is 56.3 Å². The lowest BCUT2D eigenvalue weighted by molar-refractivity contribution is 0.475. The molecule has 20 heavy (non-hydrogen) atoms. The Morgan fingerprint density at radius 2 is 1.95 bits per heavy atom. The van der Waals surface area contributed by atoms with Crippen LogP contribution in [0.2, 0.25) is 0 Å². The molecule has 2 rings (SSSR count). The first kappa shape index (κ1) is 14.1. The summed E-state index contributed by atoms with van der Waals surface area (Å²) in [6, 6.07) is 8.02. The maximum absolute atomic E-state index is 12.2. The SMILES string of the molecule is C#Cc1ccc(OS(=O)(=O)c2ccc(C)cc2C)nc1. The lowest BCUT2D eigenvalue weighted by Crippen LogP contribution is -2.12. The highest BCUT2D eigenvalue weighted by atomic mass is 32.2. The van der Waals surface area contributed by atoms with Gasteiger partial charge in [-0.25, -0.2) is 4.98 Å². The van der Waals surface area contributed by atoms with Crippen LogP contribution in [0.4, 0.5) is 0 Å². The summed E-state index contributed by atoms with van der Waals surface area (Å²) in [7, 11) is -3.89. The molecule has 0 bridgehead atoms. The Kier molecular flexibility index (Phi) is 3.77. The Hall–Kier alpha value is -2.32. The van der Waals surface area contributed by atoms with Gasteiger partial charge in [0.05, 0.1) is 0 Å². The van der Waals surface area contributed by atoms with Crippen molar-refractivity contribution in [1.29, 1.82) is 0 Å². The predicted molar refractivity (Wildman–Crippen MR) is 75.9 cm³/mol. The maximum Gasteiger partial charge on any atom is 0.340 e. The fraction of sp³-hybridized carbons (Fsp3) is 0.133. The first-order chi connectivity index (χ1) is 9.42. The van der Waals surface area contributed by atoms with E-state index >= 15 is 0 Å². The minimum atomic E-state index is -3.89. The summed E-state index contributed by atoms with van der Waals surface area (Å²) in [4.78, 5) is 3.99. The van der Waals surface area contributed by atoms with Gasteiger partial charge in [-0.3, -0.25) is 0 Å². The number of hydrogen-bond donors (Lipinski definition) is 0. The third-order valence-corrected chi connectivity index (χ3v) is 4.08. The number of terminal acetylenes is 1. The number of hydrogen-bond acceptors (Lipinski definition) is 4. The molecular formula is C15H13NO3S. The van der Waals surface area contributed by atoms with E-state index in [4.69, 9.17) is 10.6 Å². The summed E-state index contributed by atoms with van der Waals surface area (Å²) >= 11 is 0. The molecule has 2 aromatic rings. The molecule has 1 heterocycles. The number of aryl methyl sites for hydroxylation is 2. The van der Waals surface area contributed by atoms with Crippen molar-refractivity contribution < 1.29 is 12.6 Å². The van der Waals surface area contributed by atoms with Gasteiger partial charge in [0.1, 0.15) is 4.90 Å². The van der Waals surface area contributed by atoms with Crippen molar-refractivity contribution in [3.05, 3.63) is 53.2 Å². The summed E-state index contributed by atoms with van der Waals surface area (Å²) in [5.74, 6) is 2.39. The zero-order valence-corrected chi connectivity index (χ0v) is 11.9. The van der Waals surface area contributed by atoms with Gasteiger partial charge >= 0.3 is 10.1 Å². The van der Waals surface area contributed by atoms with Gasteiger partial charge in [0, 0.05) is 17.8 Å². The lowest BCUT2D eigenvalue weighted by Gasteiger charge is -2.09. The second kappa shape index (κ2) is 5.35. The normalized spacial score (nSPS) is 10.8. The largest absolute Gasteiger partial charge is 0.358 e. The van der Waals surface area contributed by atoms with E-state index in [0.717, 1.165) is 5.56 Å². The Morgan fingerprint density at radius 3 is 2.50 bits per heavy atom. The quantitative estimate of drug-likeness (QED) is 0.642. The monoisotopic (exact) mass is 287 g/mol. The number of benzene rings is 1. The van der Waals surface area contributed by atoms with Gasteiger partial charge in [-0.1, -0.05) is 23.6 Å². The summed E-state index contributed by atoms with van der Waals surface area (Å²) < 4.78 is 29.4. The molecule has 0 aliphatic carbocycles. The van der Waals surface area contributed by atoms with Gasteiger partial charge in [-0.05, 0) is 31.5 Å². The second-order valence-corrected chi connectivity index (χ2v) is 5.85. The third kappa shape index (κ3) is 2.98. The molecule has 0 fully saturated rings. The van der Waals surface area contributed by atoms with Crippen molar-refractivity contribution >= 4 is 10.1 Å². The molecule has 0 amide bonds. The van der Waals surface area contributed by atoms with Crippen molar-refractivity contribution in [3.8, 4) is 18.2 Å². The second-order valence-electron chi connectivity index (χ2n) is 4.34. The summed E-state index contributed by atoms with van der Waals surface area (Å²) in [6.07, 6.45) is 6.58. The summed E-state index contributed by atoms with van der Waals surface area (Å²) in [5.41, 5.74) is 2.17. The van der Waals surface area contributed by atoms with Crippen LogP contribution in [0, 0.1) is 26.2 Å². The molecule has 0 spiro atoms. The molecule has 4 nitrogen and oxygen atoms in total. The zero-order valence-electron chi connectivity index (χ0n) is 11.1. The molecule has 0 unspecified atom stereocenters. The Labute approximate surface area is 118 Å². The molecule has 0 radical (unpaired) electrons. The predicted octanol–water partition coefficient (Wildman–Crippen LogP) is 2.45. The molecule has 0 saturated carbocycles. The number of aromatic nitrogens is 1. The Morgan fingerprint density at radius 1 is 1.20 bits per heavy atom. The van der Waals surface area contributed by atoms with Crippen LogP contribution in [-0.4, -0.2) is 13.4 Å². The number of rotatable bonds is 3. The van der Waals surface area contributed by atoms with Crippen LogP contribution in [0.5, 0.6) is 5.88 Å². The van der Waals surface area contributed by atoms with Crippen molar-refractivity contribution in [2.24, 2.45) is 0 Å². The van der Waals surface area contributed by atoms with Crippen molar-refractivity contribution in [3.63, 3.8) is 0 Å². The summed E-state index contributed by atoms with van der Waals surface area (Å²) in [6.45, 7) is 3.61. The molecule has 5 heteroatoms. The van der Waals surface area contributed by atoms with Crippen molar-refractivity contribution in [2.75, 3.05) is 0 Å². The van der Waals surface area contributed by atoms with Gasteiger partial charge in [0.15, 0.2) is 0 Å². The minimum Gasteiger partial charge on any atom is -0.358 e. The first-order valence-corrected chi connectivity index (χ1v) is 7.27. The molecule has 102 valence electrons. The maximum atomic E-state index is 12.2. The molecule has 1 aromatic heterocycles. The van der Waals surface area contributed by atoms with Gasteiger partial charge in [0.25, 0.3) is 0 Å². The molecule has 0 atom stereocenters. The smallest absolute Gasteiger partial charge is 0.340 e. The Balaban J connectivity index is 2.33. The number of nitrogens with zero attached hydrogens (tertiary/aromatic N) is 1. The van der Waals surface area contributed by atoms with Crippen molar-refractivity contribution in [1.82, 2.24) is 4.98 Å². The highest BCUT2D eigenvalue weighted by molar-refractivity contribution is 7.87. The minimum absolute atomic E-state index is 0.0102. The van der Waals surface area contributed by atoms with Gasteiger partial charge in [0.2, 0.25) is 5.88 Å². The van der Waals surface area contributed by atoms with Crippen LogP contribution >= 0.6 is 0 Å². The van der Waals surface area contributed by atoms with E-state index in [1.54, 1.807) is 25.1 Å². The van der Waals surface area contributed by atoms with E-state index < -0.39 is 10.1 Å². The fourth-order valence-corrected chi connectivity index (χ4v) is 2.85. The van der Waals surface area contributed by atoms with Gasteiger partial charge in [-0.15, -0.1) is 6.42 Å². The van der Waals surface area contributed by atoms with E-state index in [-0.39, 0.29) is 10.8 Å². The number of pyridine rings is 1. The molecule has 0 aliphatic rings. The van der Waals surface area contributed by atoms with E-state index in [2.05, 4.69) is 10.9 Å². The van der Waals surface area contributed by atoms with Gasteiger partial charge < -0.3 is 4.18 Å². The third-order valence-electron chi connectivity index (χ3n) is 2.70. The van der Waals surface area contributed by atoms with Crippen LogP contribution in [-0.2, 0) is 10.1 Å². The lowest BCUT2D eigenvalue weighted by atomic mass is 10.2. The Bertz CT molecular complexity index is 772. The highest BCUT2D eigenvalue weighted by Crippen LogP contribution is 2.20. The summed E-state index contributed by atoms with van der Waals surface area (Å²) in [5, 5.41) is 0.